The molecule has 0 fully saturated rings. The number of nitrogens with one attached hydrogen (secondary N) is 1. The number of nitrogens with zero attached hydrogens (tertiary/aromatic N) is 4. The van der Waals surface area contributed by atoms with Gasteiger partial charge < -0.3 is 14.4 Å². The van der Waals surface area contributed by atoms with Gasteiger partial charge in [0.05, 0.1) is 11.1 Å². The van der Waals surface area contributed by atoms with Crippen molar-refractivity contribution >= 4 is 22.6 Å². The molecule has 0 aliphatic rings. The highest BCUT2D eigenvalue weighted by molar-refractivity contribution is 5.92. The van der Waals surface area contributed by atoms with Crippen molar-refractivity contribution in [1.82, 2.24) is 19.7 Å². The molecule has 0 aliphatic heterocycles. The van der Waals surface area contributed by atoms with E-state index >= 15 is 0 Å². The van der Waals surface area contributed by atoms with Crippen LogP contribution in [0.2, 0.25) is 0 Å². The number of carbonyl (C=O) groups excluding carboxylic acids is 1. The number of rotatable bonds is 5. The smallest absolute Gasteiger partial charge is 0.263 e. The van der Waals surface area contributed by atoms with Gasteiger partial charge in [-0.25, -0.2) is 13.8 Å². The van der Waals surface area contributed by atoms with E-state index in [1.807, 2.05) is 31.2 Å². The van der Waals surface area contributed by atoms with Crippen molar-refractivity contribution in [1.29, 1.82) is 0 Å². The molecule has 0 aliphatic carbocycles. The fraction of sp³-hybridized carbons (Fsp3) is 0.115. The summed E-state index contributed by atoms with van der Waals surface area (Å²) in [5.74, 6) is -1.98. The van der Waals surface area contributed by atoms with Gasteiger partial charge in [0.15, 0.2) is 0 Å². The fourth-order valence-electron chi connectivity index (χ4n) is 3.72. The molecule has 1 amide bonds. The zero-order valence-corrected chi connectivity index (χ0v) is 19.3. The number of fused-ring (bicyclic) bond motifs is 1. The Bertz CT molecular complexity index is 1680. The van der Waals surface area contributed by atoms with Gasteiger partial charge >= 0.3 is 0 Å². The van der Waals surface area contributed by atoms with Gasteiger partial charge in [-0.2, -0.15) is 4.98 Å². The minimum atomic E-state index is -0.905. The minimum Gasteiger partial charge on any atom is -0.333 e. The highest BCUT2D eigenvalue weighted by Gasteiger charge is 2.19. The summed E-state index contributed by atoms with van der Waals surface area (Å²) >= 11 is 0. The van der Waals surface area contributed by atoms with Crippen LogP contribution in [0.25, 0.3) is 33.9 Å². The van der Waals surface area contributed by atoms with E-state index in [0.29, 0.717) is 17.6 Å². The van der Waals surface area contributed by atoms with Crippen LogP contribution in [0, 0.1) is 25.5 Å². The van der Waals surface area contributed by atoms with Crippen molar-refractivity contribution in [3.05, 3.63) is 93.9 Å². The molecule has 0 unspecified atom stereocenters. The van der Waals surface area contributed by atoms with E-state index in [1.54, 1.807) is 19.1 Å². The number of amides is 1. The third kappa shape index (κ3) is 4.48. The van der Waals surface area contributed by atoms with Crippen LogP contribution >= 0.6 is 0 Å². The highest BCUT2D eigenvalue weighted by atomic mass is 19.1. The van der Waals surface area contributed by atoms with Crippen LogP contribution in [0.5, 0.6) is 0 Å². The molecular formula is C26H19F2N5O3. The van der Waals surface area contributed by atoms with Gasteiger partial charge in [0, 0.05) is 23.5 Å². The lowest BCUT2D eigenvalue weighted by atomic mass is 10.1. The summed E-state index contributed by atoms with van der Waals surface area (Å²) in [6.07, 6.45) is 1.41. The van der Waals surface area contributed by atoms with Crippen LogP contribution in [0.4, 0.5) is 14.5 Å². The van der Waals surface area contributed by atoms with E-state index in [2.05, 4.69) is 20.4 Å². The van der Waals surface area contributed by atoms with Crippen LogP contribution in [-0.4, -0.2) is 25.6 Å². The van der Waals surface area contributed by atoms with Gasteiger partial charge in [-0.15, -0.1) is 0 Å². The lowest BCUT2D eigenvalue weighted by molar-refractivity contribution is -0.116. The quantitative estimate of drug-likeness (QED) is 0.387. The second-order valence-corrected chi connectivity index (χ2v) is 8.29. The second-order valence-electron chi connectivity index (χ2n) is 8.29. The summed E-state index contributed by atoms with van der Waals surface area (Å²) in [6, 6.07) is 13.6. The number of halogens is 2. The third-order valence-electron chi connectivity index (χ3n) is 5.55. The first-order chi connectivity index (χ1) is 17.3. The van der Waals surface area contributed by atoms with Crippen LogP contribution < -0.4 is 10.7 Å². The molecule has 1 N–H and O–H groups in total. The van der Waals surface area contributed by atoms with Crippen molar-refractivity contribution in [3.8, 4) is 22.8 Å². The molecular weight excluding hydrogens is 468 g/mol. The Morgan fingerprint density at radius 1 is 1.03 bits per heavy atom. The summed E-state index contributed by atoms with van der Waals surface area (Å²) in [5, 5.41) is 6.64. The van der Waals surface area contributed by atoms with Crippen molar-refractivity contribution < 1.29 is 18.1 Å². The molecule has 0 radical (unpaired) electrons. The van der Waals surface area contributed by atoms with Gasteiger partial charge in [-0.05, 0) is 38.1 Å². The number of aromatic nitrogens is 4. The first-order valence-corrected chi connectivity index (χ1v) is 11.0. The van der Waals surface area contributed by atoms with Gasteiger partial charge in [0.2, 0.25) is 17.2 Å². The molecule has 2 aromatic carbocycles. The Morgan fingerprint density at radius 2 is 1.81 bits per heavy atom. The van der Waals surface area contributed by atoms with Crippen LogP contribution in [-0.2, 0) is 11.3 Å². The van der Waals surface area contributed by atoms with Crippen LogP contribution in [0.1, 0.15) is 11.3 Å². The zero-order valence-electron chi connectivity index (χ0n) is 19.3. The first kappa shape index (κ1) is 23.0. The van der Waals surface area contributed by atoms with E-state index in [9.17, 15) is 18.4 Å². The molecule has 0 bridgehead atoms. The molecule has 0 atom stereocenters. The van der Waals surface area contributed by atoms with Crippen LogP contribution in [0.3, 0.4) is 0 Å². The van der Waals surface area contributed by atoms with E-state index in [4.69, 9.17) is 4.52 Å². The number of anilines is 1. The Labute approximate surface area is 203 Å². The Morgan fingerprint density at radius 3 is 2.56 bits per heavy atom. The van der Waals surface area contributed by atoms with Crippen molar-refractivity contribution in [2.75, 3.05) is 5.32 Å². The molecule has 36 heavy (non-hydrogen) atoms. The molecule has 3 aromatic heterocycles. The van der Waals surface area contributed by atoms with Crippen LogP contribution in [0.15, 0.2) is 70.1 Å². The number of benzene rings is 2. The number of pyridine rings is 2. The Kier molecular flexibility index (Phi) is 5.85. The van der Waals surface area contributed by atoms with Gasteiger partial charge in [0.1, 0.15) is 29.4 Å². The van der Waals surface area contributed by atoms with E-state index in [1.165, 1.54) is 10.8 Å². The third-order valence-corrected chi connectivity index (χ3v) is 5.55. The standard InChI is InChI=1S/C26H19F2N5O3/c1-14-3-6-16(7-4-14)24-31-26(36-32-24)19-12-33(25-18(23(19)35)9-5-15(2)29-25)13-22(34)30-21-10-8-17(27)11-20(21)28/h3-12H,13H2,1-2H3,(H,30,34). The normalized spacial score (nSPS) is 11.1. The predicted octanol–water partition coefficient (Wildman–Crippen LogP) is 4.65. The van der Waals surface area contributed by atoms with Gasteiger partial charge in [0.25, 0.3) is 5.89 Å². The highest BCUT2D eigenvalue weighted by Crippen LogP contribution is 2.23. The summed E-state index contributed by atoms with van der Waals surface area (Å²) in [4.78, 5) is 34.8. The number of carbonyl (C=O) groups is 1. The minimum absolute atomic E-state index is 0.0169. The van der Waals surface area contributed by atoms with E-state index in [-0.39, 0.29) is 34.7 Å². The Hall–Kier alpha value is -4.73. The van der Waals surface area contributed by atoms with Crippen molar-refractivity contribution in [2.45, 2.75) is 20.4 Å². The van der Waals surface area contributed by atoms with Gasteiger partial charge in [-0.1, -0.05) is 35.0 Å². The Balaban J connectivity index is 1.54. The largest absolute Gasteiger partial charge is 0.333 e. The fourth-order valence-corrected chi connectivity index (χ4v) is 3.72. The molecule has 180 valence electrons. The summed E-state index contributed by atoms with van der Waals surface area (Å²) in [7, 11) is 0. The maximum Gasteiger partial charge on any atom is 0.263 e. The first-order valence-electron chi connectivity index (χ1n) is 11.0. The average molecular weight is 487 g/mol. The SMILES string of the molecule is Cc1ccc(-c2noc(-c3cn(CC(=O)Nc4ccc(F)cc4F)c4nc(C)ccc4c3=O)n2)cc1. The number of aryl methyl sites for hydroxylation is 2. The average Bonchev–Trinajstić information content (AvgIpc) is 3.33. The molecule has 10 heteroatoms. The topological polar surface area (TPSA) is 103 Å². The summed E-state index contributed by atoms with van der Waals surface area (Å²) in [5.41, 5.74) is 2.20. The monoisotopic (exact) mass is 487 g/mol. The molecule has 5 rings (SSSR count). The van der Waals surface area contributed by atoms with Gasteiger partial charge in [-0.3, -0.25) is 9.59 Å². The lowest BCUT2D eigenvalue weighted by Crippen LogP contribution is -2.22. The summed E-state index contributed by atoms with van der Waals surface area (Å²) in [6.45, 7) is 3.40. The zero-order chi connectivity index (χ0) is 25.4. The predicted molar refractivity (Wildman–Crippen MR) is 129 cm³/mol. The lowest BCUT2D eigenvalue weighted by Gasteiger charge is -2.13. The molecule has 8 nitrogen and oxygen atoms in total. The van der Waals surface area contributed by atoms with Crippen molar-refractivity contribution in [2.24, 2.45) is 0 Å². The maximum absolute atomic E-state index is 14.0. The summed E-state index contributed by atoms with van der Waals surface area (Å²) < 4.78 is 34.1. The number of hydrogen-bond donors (Lipinski definition) is 1. The molecule has 0 saturated carbocycles. The molecule has 0 saturated heterocycles. The molecule has 0 spiro atoms. The van der Waals surface area contributed by atoms with E-state index in [0.717, 1.165) is 23.3 Å². The molecule has 3 heterocycles. The molecule has 5 aromatic rings. The maximum atomic E-state index is 14.0. The van der Waals surface area contributed by atoms with E-state index < -0.39 is 23.0 Å². The number of hydrogen-bond acceptors (Lipinski definition) is 6. The second kappa shape index (κ2) is 9.14. The van der Waals surface area contributed by atoms with Crippen molar-refractivity contribution in [3.63, 3.8) is 0 Å².